The number of esters is 1. The highest BCUT2D eigenvalue weighted by atomic mass is 32.1. The number of benzene rings is 1. The third-order valence-electron chi connectivity index (χ3n) is 6.64. The number of fused-ring (bicyclic) bond motifs is 1. The Labute approximate surface area is 234 Å². The van der Waals surface area contributed by atoms with Gasteiger partial charge in [0.15, 0.2) is 0 Å². The Kier molecular flexibility index (Phi) is 8.05. The molecule has 1 saturated heterocycles. The molecule has 2 aromatic heterocycles. The molecule has 12 heteroatoms. The molecule has 0 atom stereocenters. The summed E-state index contributed by atoms with van der Waals surface area (Å²) in [5.41, 5.74) is 8.79. The van der Waals surface area contributed by atoms with Crippen LogP contribution in [0.1, 0.15) is 54.2 Å². The molecule has 2 aliphatic rings. The van der Waals surface area contributed by atoms with Gasteiger partial charge in [-0.15, -0.1) is 22.7 Å². The monoisotopic (exact) mass is 570 g/mol. The Bertz CT molecular complexity index is 1410. The van der Waals surface area contributed by atoms with E-state index in [1.54, 1.807) is 4.90 Å². The lowest BCUT2D eigenvalue weighted by Gasteiger charge is -2.27. The van der Waals surface area contributed by atoms with Gasteiger partial charge < -0.3 is 35.5 Å². The smallest absolute Gasteiger partial charge is 0.341 e. The molecule has 3 heterocycles. The Morgan fingerprint density at radius 2 is 1.85 bits per heavy atom. The summed E-state index contributed by atoms with van der Waals surface area (Å²) in [5.74, 6) is -0.655. The van der Waals surface area contributed by atoms with E-state index in [0.29, 0.717) is 59.9 Å². The van der Waals surface area contributed by atoms with E-state index in [0.717, 1.165) is 41.0 Å². The number of hydrogen-bond donors (Lipinski definition) is 3. The van der Waals surface area contributed by atoms with Crippen LogP contribution in [0.25, 0.3) is 0 Å². The van der Waals surface area contributed by atoms with E-state index in [1.807, 2.05) is 31.2 Å². The number of rotatable bonds is 8. The van der Waals surface area contributed by atoms with Crippen molar-refractivity contribution in [3.63, 3.8) is 0 Å². The zero-order valence-electron chi connectivity index (χ0n) is 21.8. The molecule has 2 amide bonds. The maximum Gasteiger partial charge on any atom is 0.341 e. The number of thiophene rings is 2. The van der Waals surface area contributed by atoms with E-state index in [2.05, 4.69) is 10.6 Å². The van der Waals surface area contributed by atoms with Crippen LogP contribution < -0.4 is 21.1 Å². The number of hydrogen-bond acceptors (Lipinski definition) is 10. The molecule has 1 aromatic carbocycles. The standard InChI is InChI=1S/C27H30N4O6S2/c1-3-37-17-9-5-4-8-16(17)29-25-20(26(33)31-11-13-36-14-12-31)21(28)22(39-25)23(32)30-24-19(27(34)35-2)15-7-6-10-18(15)38-24/h4-5,8-9,29H,3,6-7,10-14,28H2,1-2H3,(H,30,32). The number of carbonyl (C=O) groups is 3. The number of aryl methyl sites for hydroxylation is 1. The molecule has 0 saturated carbocycles. The quantitative estimate of drug-likeness (QED) is 0.337. The first-order valence-corrected chi connectivity index (χ1v) is 14.4. The molecule has 1 aliphatic heterocycles. The van der Waals surface area contributed by atoms with Gasteiger partial charge in [-0.2, -0.15) is 0 Å². The summed E-state index contributed by atoms with van der Waals surface area (Å²) in [7, 11) is 1.33. The molecule has 0 unspecified atom stereocenters. The molecule has 10 nitrogen and oxygen atoms in total. The van der Waals surface area contributed by atoms with Crippen LogP contribution in [0.4, 0.5) is 21.4 Å². The third-order valence-corrected chi connectivity index (χ3v) is 8.96. The minimum atomic E-state index is -0.496. The summed E-state index contributed by atoms with van der Waals surface area (Å²) in [5, 5.41) is 7.02. The van der Waals surface area contributed by atoms with Gasteiger partial charge in [0.2, 0.25) is 0 Å². The van der Waals surface area contributed by atoms with Crippen LogP contribution in [0.5, 0.6) is 5.75 Å². The summed E-state index contributed by atoms with van der Waals surface area (Å²) in [4.78, 5) is 42.7. The second-order valence-corrected chi connectivity index (χ2v) is 11.1. The Hall–Kier alpha value is -3.61. The number of morpholine rings is 1. The lowest BCUT2D eigenvalue weighted by molar-refractivity contribution is 0.0304. The SMILES string of the molecule is CCOc1ccccc1Nc1sc(C(=O)Nc2sc3c(c2C(=O)OC)CCC3)c(N)c1C(=O)N1CCOCC1. The number of anilines is 4. The lowest BCUT2D eigenvalue weighted by atomic mass is 10.1. The van der Waals surface area contributed by atoms with Gasteiger partial charge in [-0.25, -0.2) is 4.79 Å². The number of carbonyl (C=O) groups excluding carboxylic acids is 3. The van der Waals surface area contributed by atoms with Crippen LogP contribution in [0, 0.1) is 0 Å². The third kappa shape index (κ3) is 5.32. The topological polar surface area (TPSA) is 132 Å². The van der Waals surface area contributed by atoms with Crippen molar-refractivity contribution in [1.82, 2.24) is 4.90 Å². The van der Waals surface area contributed by atoms with E-state index in [9.17, 15) is 14.4 Å². The average Bonchev–Trinajstić information content (AvgIpc) is 3.62. The van der Waals surface area contributed by atoms with Crippen LogP contribution in [0.15, 0.2) is 24.3 Å². The van der Waals surface area contributed by atoms with Crippen LogP contribution >= 0.6 is 22.7 Å². The maximum absolute atomic E-state index is 13.6. The van der Waals surface area contributed by atoms with Gasteiger partial charge in [0.05, 0.1) is 49.4 Å². The van der Waals surface area contributed by atoms with Crippen LogP contribution in [-0.2, 0) is 22.3 Å². The Balaban J connectivity index is 1.52. The zero-order chi connectivity index (χ0) is 27.5. The number of nitrogen functional groups attached to an aromatic ring is 1. The molecule has 0 radical (unpaired) electrons. The largest absolute Gasteiger partial charge is 0.492 e. The summed E-state index contributed by atoms with van der Waals surface area (Å²) in [6, 6.07) is 7.36. The number of nitrogens with two attached hydrogens (primary N) is 1. The molecule has 0 spiro atoms. The zero-order valence-corrected chi connectivity index (χ0v) is 23.4. The number of nitrogens with one attached hydrogen (secondary N) is 2. The summed E-state index contributed by atoms with van der Waals surface area (Å²) < 4.78 is 16.1. The predicted octanol–water partition coefficient (Wildman–Crippen LogP) is 4.53. The van der Waals surface area contributed by atoms with Crippen molar-refractivity contribution in [2.24, 2.45) is 0 Å². The first-order valence-electron chi connectivity index (χ1n) is 12.7. The van der Waals surface area contributed by atoms with Crippen molar-refractivity contribution in [2.45, 2.75) is 26.2 Å². The lowest BCUT2D eigenvalue weighted by Crippen LogP contribution is -2.41. The molecule has 39 heavy (non-hydrogen) atoms. The van der Waals surface area contributed by atoms with Crippen LogP contribution in [-0.4, -0.2) is 62.7 Å². The number of methoxy groups -OCH3 is 1. The highest BCUT2D eigenvalue weighted by Gasteiger charge is 2.32. The van der Waals surface area contributed by atoms with Gasteiger partial charge in [-0.3, -0.25) is 9.59 Å². The van der Waals surface area contributed by atoms with Crippen molar-refractivity contribution in [3.05, 3.63) is 50.7 Å². The first-order chi connectivity index (χ1) is 18.9. The molecule has 1 aliphatic carbocycles. The normalized spacial score (nSPS) is 14.6. The van der Waals surface area contributed by atoms with E-state index in [4.69, 9.17) is 19.9 Å². The summed E-state index contributed by atoms with van der Waals surface area (Å²) in [6.07, 6.45) is 2.58. The van der Waals surface area contributed by atoms with Gasteiger partial charge in [0.25, 0.3) is 11.8 Å². The average molecular weight is 571 g/mol. The second-order valence-electron chi connectivity index (χ2n) is 9.01. The van der Waals surface area contributed by atoms with Crippen LogP contribution in [0.2, 0.25) is 0 Å². The van der Waals surface area contributed by atoms with E-state index in [1.165, 1.54) is 18.4 Å². The van der Waals surface area contributed by atoms with Crippen molar-refractivity contribution in [3.8, 4) is 5.75 Å². The molecule has 0 bridgehead atoms. The van der Waals surface area contributed by atoms with Gasteiger partial charge in [0, 0.05) is 18.0 Å². The summed E-state index contributed by atoms with van der Waals surface area (Å²) >= 11 is 2.47. The molecule has 3 aromatic rings. The number of amides is 2. The number of nitrogens with zero attached hydrogens (tertiary/aromatic N) is 1. The number of para-hydroxylation sites is 2. The minimum Gasteiger partial charge on any atom is -0.492 e. The molecule has 5 rings (SSSR count). The maximum atomic E-state index is 13.6. The Morgan fingerprint density at radius 3 is 2.59 bits per heavy atom. The Morgan fingerprint density at radius 1 is 1.08 bits per heavy atom. The molecule has 206 valence electrons. The highest BCUT2D eigenvalue weighted by Crippen LogP contribution is 2.43. The van der Waals surface area contributed by atoms with Crippen molar-refractivity contribution in [2.75, 3.05) is 56.4 Å². The minimum absolute atomic E-state index is 0.0779. The molecular formula is C27H30N4O6S2. The van der Waals surface area contributed by atoms with E-state index in [-0.39, 0.29) is 22.0 Å². The van der Waals surface area contributed by atoms with E-state index < -0.39 is 11.9 Å². The van der Waals surface area contributed by atoms with E-state index >= 15 is 0 Å². The summed E-state index contributed by atoms with van der Waals surface area (Å²) in [6.45, 7) is 4.06. The fourth-order valence-corrected chi connectivity index (χ4v) is 7.07. The van der Waals surface area contributed by atoms with Gasteiger partial charge in [-0.1, -0.05) is 12.1 Å². The van der Waals surface area contributed by atoms with Crippen LogP contribution in [0.3, 0.4) is 0 Å². The van der Waals surface area contributed by atoms with Crippen molar-refractivity contribution in [1.29, 1.82) is 0 Å². The fraction of sp³-hybridized carbons (Fsp3) is 0.370. The molecular weight excluding hydrogens is 540 g/mol. The van der Waals surface area contributed by atoms with Crippen molar-refractivity contribution < 1.29 is 28.6 Å². The van der Waals surface area contributed by atoms with Gasteiger partial charge in [0.1, 0.15) is 20.6 Å². The van der Waals surface area contributed by atoms with Gasteiger partial charge >= 0.3 is 5.97 Å². The van der Waals surface area contributed by atoms with Crippen molar-refractivity contribution >= 4 is 61.8 Å². The van der Waals surface area contributed by atoms with Gasteiger partial charge in [-0.05, 0) is 43.9 Å². The molecule has 4 N–H and O–H groups in total. The second kappa shape index (κ2) is 11.6. The first kappa shape index (κ1) is 27.0. The highest BCUT2D eigenvalue weighted by molar-refractivity contribution is 7.20. The number of ether oxygens (including phenoxy) is 3. The predicted molar refractivity (Wildman–Crippen MR) is 152 cm³/mol. The fourth-order valence-electron chi connectivity index (χ4n) is 4.78. The molecule has 1 fully saturated rings.